The van der Waals surface area contributed by atoms with Gasteiger partial charge in [-0.15, -0.1) is 0 Å². The van der Waals surface area contributed by atoms with Gasteiger partial charge in [0, 0.05) is 36.2 Å². The maximum atomic E-state index is 12.8. The van der Waals surface area contributed by atoms with Crippen LogP contribution in [-0.2, 0) is 16.8 Å². The molecule has 1 aliphatic rings. The Morgan fingerprint density at radius 2 is 1.77 bits per heavy atom. The van der Waals surface area contributed by atoms with Gasteiger partial charge in [0.1, 0.15) is 5.82 Å². The smallest absolute Gasteiger partial charge is 0.253 e. The molecule has 1 saturated heterocycles. The Morgan fingerprint density at radius 1 is 1.11 bits per heavy atom. The molecule has 2 aromatic heterocycles. The van der Waals surface area contributed by atoms with E-state index >= 15 is 0 Å². The standard InChI is InChI=1S/C28H43N5O2/c1-25(2,19-28(7,8)35-33-26(3,4)11-9-12-27(33,5)6)22-15-21(17-30-18-22)24(34)32-16-20-10-13-31-23(29)14-20/h10,13-15,17-18H,9,11-12,16,19H2,1-8H3,(H2,29,31)(H,32,34). The number of nitrogens with zero attached hydrogens (tertiary/aromatic N) is 3. The van der Waals surface area contributed by atoms with Gasteiger partial charge >= 0.3 is 0 Å². The number of aromatic nitrogens is 2. The Hall–Kier alpha value is -2.51. The molecule has 3 heterocycles. The highest BCUT2D eigenvalue weighted by atomic mass is 16.7. The van der Waals surface area contributed by atoms with Crippen LogP contribution in [0.4, 0.5) is 5.82 Å². The third-order valence-corrected chi connectivity index (χ3v) is 6.96. The van der Waals surface area contributed by atoms with Crippen LogP contribution in [0.1, 0.15) is 103 Å². The second-order valence-corrected chi connectivity index (χ2v) is 12.4. The number of hydroxylamine groups is 2. The molecule has 0 bridgehead atoms. The molecule has 3 N–H and O–H groups in total. The van der Waals surface area contributed by atoms with Gasteiger partial charge in [0.25, 0.3) is 5.91 Å². The number of nitrogens with one attached hydrogen (secondary N) is 1. The van der Waals surface area contributed by atoms with Crippen molar-refractivity contribution in [2.75, 3.05) is 5.73 Å². The predicted molar refractivity (Wildman–Crippen MR) is 141 cm³/mol. The van der Waals surface area contributed by atoms with Crippen LogP contribution < -0.4 is 11.1 Å². The Bertz CT molecular complexity index is 1030. The number of hydrogen-bond acceptors (Lipinski definition) is 6. The predicted octanol–water partition coefficient (Wildman–Crippen LogP) is 5.41. The monoisotopic (exact) mass is 481 g/mol. The highest BCUT2D eigenvalue weighted by molar-refractivity contribution is 5.94. The maximum Gasteiger partial charge on any atom is 0.253 e. The minimum atomic E-state index is -0.408. The van der Waals surface area contributed by atoms with Crippen LogP contribution in [0.15, 0.2) is 36.8 Å². The summed E-state index contributed by atoms with van der Waals surface area (Å²) >= 11 is 0. The number of amides is 1. The molecule has 3 rings (SSSR count). The van der Waals surface area contributed by atoms with Gasteiger partial charge in [0.15, 0.2) is 0 Å². The number of anilines is 1. The third kappa shape index (κ3) is 6.79. The van der Waals surface area contributed by atoms with Crippen LogP contribution in [0, 0.1) is 0 Å². The van der Waals surface area contributed by atoms with Crippen LogP contribution >= 0.6 is 0 Å². The molecule has 0 unspecified atom stereocenters. The lowest BCUT2D eigenvalue weighted by Crippen LogP contribution is -2.61. The van der Waals surface area contributed by atoms with Crippen molar-refractivity contribution < 1.29 is 9.63 Å². The molecule has 0 spiro atoms. The van der Waals surface area contributed by atoms with Crippen molar-refractivity contribution in [3.63, 3.8) is 0 Å². The zero-order chi connectivity index (χ0) is 26.1. The molecule has 0 saturated carbocycles. The highest BCUT2D eigenvalue weighted by Crippen LogP contribution is 2.42. The molecule has 2 aromatic rings. The second kappa shape index (κ2) is 9.86. The zero-order valence-electron chi connectivity index (χ0n) is 22.7. The number of nitrogens with two attached hydrogens (primary N) is 1. The molecule has 1 aliphatic heterocycles. The average molecular weight is 482 g/mol. The fraction of sp³-hybridized carbons (Fsp3) is 0.607. The lowest BCUT2D eigenvalue weighted by Gasteiger charge is -2.54. The summed E-state index contributed by atoms with van der Waals surface area (Å²) < 4.78 is 0. The van der Waals surface area contributed by atoms with E-state index in [1.54, 1.807) is 18.5 Å². The number of rotatable bonds is 8. The SMILES string of the molecule is CC(C)(CC(C)(C)c1cncc(C(=O)NCc2ccnc(N)c2)c1)ON1C(C)(C)CCCC1(C)C. The number of hydrogen-bond donors (Lipinski definition) is 2. The molecule has 0 radical (unpaired) electrons. The normalized spacial score (nSPS) is 18.3. The molecule has 0 aliphatic carbocycles. The number of nitrogen functional groups attached to an aromatic ring is 1. The van der Waals surface area contributed by atoms with Gasteiger partial charge in [-0.3, -0.25) is 14.6 Å². The largest absolute Gasteiger partial charge is 0.384 e. The van der Waals surface area contributed by atoms with Crippen molar-refractivity contribution >= 4 is 11.7 Å². The van der Waals surface area contributed by atoms with E-state index in [9.17, 15) is 4.79 Å². The fourth-order valence-corrected chi connectivity index (χ4v) is 5.49. The van der Waals surface area contributed by atoms with E-state index in [2.05, 4.69) is 75.7 Å². The van der Waals surface area contributed by atoms with Crippen LogP contribution in [0.3, 0.4) is 0 Å². The zero-order valence-corrected chi connectivity index (χ0v) is 22.7. The van der Waals surface area contributed by atoms with Crippen LogP contribution in [0.5, 0.6) is 0 Å². The van der Waals surface area contributed by atoms with Crippen molar-refractivity contribution in [1.82, 2.24) is 20.3 Å². The summed E-state index contributed by atoms with van der Waals surface area (Å²) in [6.45, 7) is 18.1. The summed E-state index contributed by atoms with van der Waals surface area (Å²) in [5, 5.41) is 5.18. The topological polar surface area (TPSA) is 93.4 Å². The lowest BCUT2D eigenvalue weighted by atomic mass is 9.76. The summed E-state index contributed by atoms with van der Waals surface area (Å²) in [4.78, 5) is 28.0. The first-order valence-corrected chi connectivity index (χ1v) is 12.6. The molecule has 35 heavy (non-hydrogen) atoms. The van der Waals surface area contributed by atoms with Crippen LogP contribution in [0.25, 0.3) is 0 Å². The van der Waals surface area contributed by atoms with Gasteiger partial charge in [-0.1, -0.05) is 13.8 Å². The fourth-order valence-electron chi connectivity index (χ4n) is 5.49. The maximum absolute atomic E-state index is 12.8. The van der Waals surface area contributed by atoms with E-state index in [1.807, 2.05) is 18.3 Å². The molecule has 0 aromatic carbocycles. The first kappa shape index (κ1) is 27.1. The summed E-state index contributed by atoms with van der Waals surface area (Å²) in [5.41, 5.74) is 7.47. The number of pyridine rings is 2. The van der Waals surface area contributed by atoms with Crippen molar-refractivity contribution in [2.24, 2.45) is 0 Å². The Balaban J connectivity index is 1.72. The number of piperidine rings is 1. The quantitative estimate of drug-likeness (QED) is 0.524. The minimum absolute atomic E-state index is 0.0256. The summed E-state index contributed by atoms with van der Waals surface area (Å²) in [7, 11) is 0. The van der Waals surface area contributed by atoms with Gasteiger partial charge in [0.2, 0.25) is 0 Å². The van der Waals surface area contributed by atoms with E-state index in [1.165, 1.54) is 6.42 Å². The van der Waals surface area contributed by atoms with Crippen molar-refractivity contribution in [1.29, 1.82) is 0 Å². The summed E-state index contributed by atoms with van der Waals surface area (Å²) in [6.07, 6.45) is 9.30. The summed E-state index contributed by atoms with van der Waals surface area (Å²) in [6, 6.07) is 5.53. The molecule has 0 atom stereocenters. The van der Waals surface area contributed by atoms with Gasteiger partial charge in [-0.25, -0.2) is 4.98 Å². The van der Waals surface area contributed by atoms with Gasteiger partial charge in [-0.2, -0.15) is 5.06 Å². The van der Waals surface area contributed by atoms with Crippen LogP contribution in [-0.4, -0.2) is 37.6 Å². The molecule has 192 valence electrons. The highest BCUT2D eigenvalue weighted by Gasteiger charge is 2.46. The van der Waals surface area contributed by atoms with Crippen molar-refractivity contribution in [3.8, 4) is 0 Å². The van der Waals surface area contributed by atoms with E-state index in [0.717, 1.165) is 30.4 Å². The van der Waals surface area contributed by atoms with E-state index < -0.39 is 5.60 Å². The average Bonchev–Trinajstić information content (AvgIpc) is 2.74. The van der Waals surface area contributed by atoms with E-state index in [-0.39, 0.29) is 22.4 Å². The lowest BCUT2D eigenvalue weighted by molar-refractivity contribution is -0.331. The van der Waals surface area contributed by atoms with Crippen LogP contribution in [0.2, 0.25) is 0 Å². The first-order chi connectivity index (χ1) is 16.1. The van der Waals surface area contributed by atoms with E-state index in [0.29, 0.717) is 17.9 Å². The van der Waals surface area contributed by atoms with Gasteiger partial charge < -0.3 is 11.1 Å². The van der Waals surface area contributed by atoms with Gasteiger partial charge in [0.05, 0.1) is 11.2 Å². The summed E-state index contributed by atoms with van der Waals surface area (Å²) in [5.74, 6) is 0.265. The van der Waals surface area contributed by atoms with E-state index in [4.69, 9.17) is 10.6 Å². The second-order valence-electron chi connectivity index (χ2n) is 12.4. The number of carbonyl (C=O) groups is 1. The molecule has 7 heteroatoms. The minimum Gasteiger partial charge on any atom is -0.384 e. The van der Waals surface area contributed by atoms with Gasteiger partial charge in [-0.05, 0) is 102 Å². The molecular weight excluding hydrogens is 438 g/mol. The molecule has 7 nitrogen and oxygen atoms in total. The molecule has 1 amide bonds. The third-order valence-electron chi connectivity index (χ3n) is 6.96. The Labute approximate surface area is 210 Å². The Morgan fingerprint density at radius 3 is 2.40 bits per heavy atom. The Kier molecular flexibility index (Phi) is 7.63. The molecule has 1 fully saturated rings. The number of carbonyl (C=O) groups excluding carboxylic acids is 1. The van der Waals surface area contributed by atoms with Crippen molar-refractivity contribution in [3.05, 3.63) is 53.5 Å². The first-order valence-electron chi connectivity index (χ1n) is 12.6. The molecular formula is C28H43N5O2. The van der Waals surface area contributed by atoms with Crippen molar-refractivity contribution in [2.45, 2.75) is 110 Å².